The summed E-state index contributed by atoms with van der Waals surface area (Å²) in [5, 5.41) is 13.4. The first-order chi connectivity index (χ1) is 8.56. The summed E-state index contributed by atoms with van der Waals surface area (Å²) in [5.74, 6) is 0. The van der Waals surface area contributed by atoms with Crippen LogP contribution in [0.15, 0.2) is 0 Å². The highest BCUT2D eigenvalue weighted by atomic mass is 16.6. The third-order valence-electron chi connectivity index (χ3n) is 3.55. The summed E-state index contributed by atoms with van der Waals surface area (Å²) in [6, 6.07) is 0. The summed E-state index contributed by atoms with van der Waals surface area (Å²) < 4.78 is 10.6. The van der Waals surface area contributed by atoms with Crippen molar-refractivity contribution in [1.29, 1.82) is 0 Å². The Hall–Kier alpha value is -0.810. The van der Waals surface area contributed by atoms with Crippen LogP contribution in [-0.2, 0) is 9.47 Å². The Morgan fingerprint density at radius 2 is 2.00 bits per heavy atom. The lowest BCUT2D eigenvalue weighted by molar-refractivity contribution is -0.149. The third kappa shape index (κ3) is 4.66. The molecule has 112 valence electrons. The summed E-state index contributed by atoms with van der Waals surface area (Å²) >= 11 is 0. The second kappa shape index (κ2) is 5.67. The molecule has 0 saturated carbocycles. The van der Waals surface area contributed by atoms with Crippen LogP contribution in [0.5, 0.6) is 0 Å². The number of carbonyl (C=O) groups excluding carboxylic acids is 1. The van der Waals surface area contributed by atoms with E-state index in [1.54, 1.807) is 0 Å². The highest BCUT2D eigenvalue weighted by Gasteiger charge is 2.45. The zero-order chi connectivity index (χ0) is 14.7. The van der Waals surface area contributed by atoms with Gasteiger partial charge in [0.05, 0.1) is 12.2 Å². The van der Waals surface area contributed by atoms with E-state index in [1.807, 2.05) is 34.6 Å². The van der Waals surface area contributed by atoms with Gasteiger partial charge >= 0.3 is 6.09 Å². The maximum absolute atomic E-state index is 11.6. The van der Waals surface area contributed by atoms with Crippen LogP contribution in [0.25, 0.3) is 0 Å². The molecule has 1 fully saturated rings. The summed E-state index contributed by atoms with van der Waals surface area (Å²) in [7, 11) is 0. The van der Waals surface area contributed by atoms with Gasteiger partial charge in [0.15, 0.2) is 0 Å². The van der Waals surface area contributed by atoms with Gasteiger partial charge < -0.3 is 19.9 Å². The van der Waals surface area contributed by atoms with E-state index < -0.39 is 22.7 Å². The molecule has 1 unspecified atom stereocenters. The number of aliphatic hydroxyl groups is 1. The zero-order valence-electron chi connectivity index (χ0n) is 12.7. The Kier molecular flexibility index (Phi) is 4.85. The molecule has 1 heterocycles. The molecule has 5 heteroatoms. The van der Waals surface area contributed by atoms with Crippen molar-refractivity contribution in [3.05, 3.63) is 0 Å². The van der Waals surface area contributed by atoms with Crippen LogP contribution in [0.1, 0.15) is 47.5 Å². The quantitative estimate of drug-likeness (QED) is 0.826. The maximum atomic E-state index is 11.6. The number of carbonyl (C=O) groups is 1. The average molecular weight is 273 g/mol. The monoisotopic (exact) mass is 273 g/mol. The van der Waals surface area contributed by atoms with Crippen LogP contribution >= 0.6 is 0 Å². The Balaban J connectivity index is 2.52. The molecule has 0 spiro atoms. The highest BCUT2D eigenvalue weighted by molar-refractivity contribution is 5.67. The number of hydrogen-bond acceptors (Lipinski definition) is 4. The summed E-state index contributed by atoms with van der Waals surface area (Å²) in [4.78, 5) is 11.6. The van der Waals surface area contributed by atoms with E-state index in [2.05, 4.69) is 5.32 Å². The van der Waals surface area contributed by atoms with Crippen molar-refractivity contribution in [2.45, 2.75) is 58.7 Å². The molecule has 1 saturated heterocycles. The van der Waals surface area contributed by atoms with Gasteiger partial charge in [-0.2, -0.15) is 0 Å². The molecular weight excluding hydrogens is 246 g/mol. The molecule has 5 nitrogen and oxygen atoms in total. The van der Waals surface area contributed by atoms with Crippen LogP contribution < -0.4 is 5.32 Å². The van der Waals surface area contributed by atoms with Crippen LogP contribution in [0.4, 0.5) is 4.79 Å². The average Bonchev–Trinajstić information content (AvgIpc) is 2.25. The smallest absolute Gasteiger partial charge is 0.407 e. The number of alkyl carbamates (subject to hydrolysis) is 1. The minimum absolute atomic E-state index is 0.315. The van der Waals surface area contributed by atoms with Crippen molar-refractivity contribution in [3.8, 4) is 0 Å². The maximum Gasteiger partial charge on any atom is 0.407 e. The molecule has 0 aromatic carbocycles. The summed E-state index contributed by atoms with van der Waals surface area (Å²) in [5.41, 5.74) is -1.89. The fourth-order valence-corrected chi connectivity index (χ4v) is 2.09. The molecule has 0 aliphatic carbocycles. The number of ether oxygens (including phenoxy) is 2. The van der Waals surface area contributed by atoms with Crippen molar-refractivity contribution < 1.29 is 19.4 Å². The fourth-order valence-electron chi connectivity index (χ4n) is 2.09. The second-order valence-corrected chi connectivity index (χ2v) is 6.93. The second-order valence-electron chi connectivity index (χ2n) is 6.93. The lowest BCUT2D eigenvalue weighted by atomic mass is 9.72. The van der Waals surface area contributed by atoms with E-state index >= 15 is 0 Å². The van der Waals surface area contributed by atoms with Gasteiger partial charge in [0.2, 0.25) is 0 Å². The van der Waals surface area contributed by atoms with Gasteiger partial charge in [-0.1, -0.05) is 13.8 Å². The third-order valence-corrected chi connectivity index (χ3v) is 3.55. The van der Waals surface area contributed by atoms with Crippen LogP contribution in [-0.4, -0.2) is 42.2 Å². The highest BCUT2D eigenvalue weighted by Crippen LogP contribution is 2.36. The summed E-state index contributed by atoms with van der Waals surface area (Å²) in [6.45, 7) is 10.7. The Morgan fingerprint density at radius 3 is 2.47 bits per heavy atom. The topological polar surface area (TPSA) is 67.8 Å². The van der Waals surface area contributed by atoms with E-state index in [4.69, 9.17) is 9.47 Å². The molecule has 0 aromatic heterocycles. The van der Waals surface area contributed by atoms with Crippen molar-refractivity contribution in [2.24, 2.45) is 5.41 Å². The van der Waals surface area contributed by atoms with Crippen LogP contribution in [0.3, 0.4) is 0 Å². The number of rotatable bonds is 3. The lowest BCUT2D eigenvalue weighted by Crippen LogP contribution is -2.55. The van der Waals surface area contributed by atoms with Crippen molar-refractivity contribution in [2.75, 3.05) is 19.8 Å². The van der Waals surface area contributed by atoms with Gasteiger partial charge in [-0.25, -0.2) is 4.79 Å². The van der Waals surface area contributed by atoms with Crippen molar-refractivity contribution in [1.82, 2.24) is 5.32 Å². The SMILES string of the molecule is CC(C)(C)OC(=O)NCC(C)(C)C1(O)CCCOC1. The first kappa shape index (κ1) is 16.2. The molecule has 1 aliphatic heterocycles. The van der Waals surface area contributed by atoms with E-state index in [1.165, 1.54) is 0 Å². The minimum atomic E-state index is -0.903. The number of nitrogens with one attached hydrogen (secondary N) is 1. The van der Waals surface area contributed by atoms with Gasteiger partial charge in [0.25, 0.3) is 0 Å². The van der Waals surface area contributed by atoms with Gasteiger partial charge in [0.1, 0.15) is 5.60 Å². The van der Waals surface area contributed by atoms with Crippen molar-refractivity contribution >= 4 is 6.09 Å². The van der Waals surface area contributed by atoms with E-state index in [0.29, 0.717) is 26.2 Å². The minimum Gasteiger partial charge on any atom is -0.444 e. The first-order valence-electron chi connectivity index (χ1n) is 6.83. The predicted molar refractivity (Wildman–Crippen MR) is 73.0 cm³/mol. The summed E-state index contributed by atoms with van der Waals surface area (Å²) in [6.07, 6.45) is 1.07. The predicted octanol–water partition coefficient (Wildman–Crippen LogP) is 2.08. The molecule has 1 amide bonds. The van der Waals surface area contributed by atoms with E-state index in [0.717, 1.165) is 6.42 Å². The standard InChI is InChI=1S/C14H27NO4/c1-12(2,3)19-11(16)15-9-13(4,5)14(17)7-6-8-18-10-14/h17H,6-10H2,1-5H3,(H,15,16). The largest absolute Gasteiger partial charge is 0.444 e. The van der Waals surface area contributed by atoms with Gasteiger partial charge in [-0.05, 0) is 33.6 Å². The zero-order valence-corrected chi connectivity index (χ0v) is 12.7. The fraction of sp³-hybridized carbons (Fsp3) is 0.929. The Morgan fingerprint density at radius 1 is 1.37 bits per heavy atom. The van der Waals surface area contributed by atoms with E-state index in [-0.39, 0.29) is 0 Å². The lowest BCUT2D eigenvalue weighted by Gasteiger charge is -2.44. The van der Waals surface area contributed by atoms with Gasteiger partial charge in [0, 0.05) is 18.6 Å². The Bertz CT molecular complexity index is 314. The van der Waals surface area contributed by atoms with Gasteiger partial charge in [-0.15, -0.1) is 0 Å². The molecule has 19 heavy (non-hydrogen) atoms. The molecule has 2 N–H and O–H groups in total. The molecule has 1 aliphatic rings. The normalized spacial score (nSPS) is 24.9. The number of hydrogen-bond donors (Lipinski definition) is 2. The number of amides is 1. The van der Waals surface area contributed by atoms with E-state index in [9.17, 15) is 9.90 Å². The Labute approximate surface area is 115 Å². The molecule has 0 bridgehead atoms. The first-order valence-corrected chi connectivity index (χ1v) is 6.83. The van der Waals surface area contributed by atoms with Crippen LogP contribution in [0, 0.1) is 5.41 Å². The molecule has 1 rings (SSSR count). The van der Waals surface area contributed by atoms with Gasteiger partial charge in [-0.3, -0.25) is 0 Å². The molecule has 0 radical (unpaired) electrons. The molecule has 1 atom stereocenters. The van der Waals surface area contributed by atoms with Crippen molar-refractivity contribution in [3.63, 3.8) is 0 Å². The van der Waals surface area contributed by atoms with Crippen LogP contribution in [0.2, 0.25) is 0 Å². The molecule has 0 aromatic rings. The molecular formula is C14H27NO4.